The van der Waals surface area contributed by atoms with Gasteiger partial charge in [0.2, 0.25) is 0 Å². The van der Waals surface area contributed by atoms with Gasteiger partial charge in [0.15, 0.2) is 18.3 Å². The average molecular weight is 325 g/mol. The van der Waals surface area contributed by atoms with E-state index in [1.807, 2.05) is 0 Å². The van der Waals surface area contributed by atoms with Crippen LogP contribution in [0, 0.1) is 0 Å². The van der Waals surface area contributed by atoms with Crippen LogP contribution < -0.4 is 0 Å². The number of ether oxygens (including phenoxy) is 3. The van der Waals surface area contributed by atoms with Gasteiger partial charge in [-0.2, -0.15) is 0 Å². The summed E-state index contributed by atoms with van der Waals surface area (Å²) in [6.07, 6.45) is -8.52. The van der Waals surface area contributed by atoms with E-state index in [9.17, 15) is 29.4 Å². The van der Waals surface area contributed by atoms with Crippen molar-refractivity contribution in [3.8, 4) is 0 Å². The molecular weight excluding hydrogens is 304 g/mol. The van der Waals surface area contributed by atoms with Crippen molar-refractivity contribution < 1.29 is 52.8 Å². The molecule has 0 rings (SSSR count). The van der Waals surface area contributed by atoms with Crippen LogP contribution in [0.1, 0.15) is 24.8 Å². The first-order chi connectivity index (χ1) is 11.7. The topological polar surface area (TPSA) is 157 Å². The summed E-state index contributed by atoms with van der Waals surface area (Å²) in [4.78, 5) is 44.5. The lowest BCUT2D eigenvalue weighted by Gasteiger charge is -2.30. The summed E-state index contributed by atoms with van der Waals surface area (Å²) < 4.78 is 34.1. The fourth-order valence-corrected chi connectivity index (χ4v) is 1.39. The molecule has 0 amide bonds. The zero-order chi connectivity index (χ0) is 19.6. The maximum atomic E-state index is 11.3. The Morgan fingerprint density at radius 2 is 1.45 bits per heavy atom. The van der Waals surface area contributed by atoms with Crippen LogP contribution in [-0.2, 0) is 33.4 Å². The van der Waals surface area contributed by atoms with Gasteiger partial charge < -0.3 is 29.5 Å². The Labute approximate surface area is 129 Å². The smallest absolute Gasteiger partial charge is 0.336 e. The number of carboxylic acids is 1. The summed E-state index contributed by atoms with van der Waals surface area (Å²) in [6.45, 7) is -3.53. The Balaban J connectivity index is 5.49. The number of rotatable bonds is 8. The maximum absolute atomic E-state index is 11.3. The van der Waals surface area contributed by atoms with Crippen LogP contribution >= 0.6 is 0 Å². The zero-order valence-electron chi connectivity index (χ0n) is 14.3. The number of hydrogen-bond donors (Lipinski definition) is 3. The predicted molar refractivity (Wildman–Crippen MR) is 67.4 cm³/mol. The van der Waals surface area contributed by atoms with Crippen LogP contribution in [0.15, 0.2) is 0 Å². The summed E-state index contributed by atoms with van der Waals surface area (Å²) in [5, 5.41) is 28.5. The van der Waals surface area contributed by atoms with Gasteiger partial charge in [0, 0.05) is 24.8 Å². The molecule has 3 N–H and O–H groups in total. The number of carbonyl (C=O) groups excluding carboxylic acids is 3. The van der Waals surface area contributed by atoms with Crippen LogP contribution in [0.5, 0.6) is 0 Å². The summed E-state index contributed by atoms with van der Waals surface area (Å²) in [6, 6.07) is 0. The van der Waals surface area contributed by atoms with Gasteiger partial charge in [0.25, 0.3) is 0 Å². The molecule has 0 radical (unpaired) electrons. The van der Waals surface area contributed by atoms with Crippen LogP contribution in [0.3, 0.4) is 0 Å². The highest BCUT2D eigenvalue weighted by Crippen LogP contribution is 2.15. The SMILES string of the molecule is [2H]CC(=O)OC[C@@H](O)[C@@H](OC(=O)C[2H])[C@H](OC(=O)C[2H])[C@@H](O)C(=O)O. The van der Waals surface area contributed by atoms with Crippen molar-refractivity contribution in [3.63, 3.8) is 0 Å². The molecule has 4 atom stereocenters. The Kier molecular flexibility index (Phi) is 5.99. The second-order valence-electron chi connectivity index (χ2n) is 3.94. The first-order valence-electron chi connectivity index (χ1n) is 7.81. The van der Waals surface area contributed by atoms with Crippen molar-refractivity contribution in [2.75, 3.05) is 6.61 Å². The number of aliphatic hydroxyl groups excluding tert-OH is 2. The fraction of sp³-hybridized carbons (Fsp3) is 0.667. The third-order valence-electron chi connectivity index (χ3n) is 2.22. The van der Waals surface area contributed by atoms with Crippen molar-refractivity contribution in [1.29, 1.82) is 0 Å². The summed E-state index contributed by atoms with van der Waals surface area (Å²) in [7, 11) is 0. The van der Waals surface area contributed by atoms with E-state index in [2.05, 4.69) is 14.2 Å². The van der Waals surface area contributed by atoms with E-state index in [0.717, 1.165) is 0 Å². The van der Waals surface area contributed by atoms with Crippen LogP contribution in [0.2, 0.25) is 0 Å². The summed E-state index contributed by atoms with van der Waals surface area (Å²) >= 11 is 0. The third kappa shape index (κ3) is 6.99. The molecule has 0 unspecified atom stereocenters. The van der Waals surface area contributed by atoms with E-state index in [4.69, 9.17) is 9.22 Å². The molecule has 22 heavy (non-hydrogen) atoms. The molecule has 0 aliphatic heterocycles. The van der Waals surface area contributed by atoms with E-state index in [0.29, 0.717) is 0 Å². The van der Waals surface area contributed by atoms with Crippen molar-refractivity contribution in [3.05, 3.63) is 0 Å². The minimum atomic E-state index is -2.44. The van der Waals surface area contributed by atoms with Gasteiger partial charge in [-0.1, -0.05) is 0 Å². The van der Waals surface area contributed by atoms with Crippen molar-refractivity contribution in [2.24, 2.45) is 0 Å². The molecule has 0 aliphatic carbocycles. The molecule has 0 aliphatic rings. The predicted octanol–water partition coefficient (Wildman–Crippen LogP) is -1.78. The number of carboxylic acid groups (broad SMARTS) is 1. The Morgan fingerprint density at radius 1 is 0.955 bits per heavy atom. The maximum Gasteiger partial charge on any atom is 0.336 e. The van der Waals surface area contributed by atoms with Crippen molar-refractivity contribution >= 4 is 23.9 Å². The first-order valence-corrected chi connectivity index (χ1v) is 5.69. The highest BCUT2D eigenvalue weighted by atomic mass is 16.6. The van der Waals surface area contributed by atoms with E-state index < -0.39 is 75.6 Å². The van der Waals surface area contributed by atoms with Crippen molar-refractivity contribution in [2.45, 2.75) is 45.1 Å². The van der Waals surface area contributed by atoms with Gasteiger partial charge in [-0.15, -0.1) is 0 Å². The molecule has 10 heteroatoms. The van der Waals surface area contributed by atoms with E-state index >= 15 is 0 Å². The number of aliphatic hydroxyl groups is 2. The highest BCUT2D eigenvalue weighted by molar-refractivity contribution is 5.74. The summed E-state index contributed by atoms with van der Waals surface area (Å²) in [5.74, 6) is -5.47. The lowest BCUT2D eigenvalue weighted by Crippen LogP contribution is -2.52. The molecule has 126 valence electrons. The molecule has 0 aromatic rings. The normalized spacial score (nSPS) is 17.6. The van der Waals surface area contributed by atoms with Crippen molar-refractivity contribution in [1.82, 2.24) is 0 Å². The van der Waals surface area contributed by atoms with E-state index in [-0.39, 0.29) is 0 Å². The van der Waals surface area contributed by atoms with Crippen LogP contribution in [-0.4, -0.2) is 70.2 Å². The fourth-order valence-electron chi connectivity index (χ4n) is 1.39. The van der Waals surface area contributed by atoms with Crippen LogP contribution in [0.25, 0.3) is 0 Å². The molecule has 0 bridgehead atoms. The van der Waals surface area contributed by atoms with Gasteiger partial charge in [-0.25, -0.2) is 4.79 Å². The van der Waals surface area contributed by atoms with Gasteiger partial charge in [-0.3, -0.25) is 14.4 Å². The molecule has 10 nitrogen and oxygen atoms in total. The standard InChI is InChI=1S/C12H18O10/c1-5(13)20-4-8(16)10(21-6(2)14)11(22-7(3)15)9(17)12(18)19/h8-11,16-17H,4H2,1-3H3,(H,18,19)/t8-,9-,10-,11-/m1/s1/i1D,2D,3D. The first kappa shape index (κ1) is 14.7. The molecule has 0 aromatic carbocycles. The second kappa shape index (κ2) is 8.95. The van der Waals surface area contributed by atoms with E-state index in [1.54, 1.807) is 0 Å². The van der Waals surface area contributed by atoms with Gasteiger partial charge >= 0.3 is 23.9 Å². The van der Waals surface area contributed by atoms with Crippen LogP contribution in [0.4, 0.5) is 0 Å². The third-order valence-corrected chi connectivity index (χ3v) is 2.22. The lowest BCUT2D eigenvalue weighted by atomic mass is 10.0. The quantitative estimate of drug-likeness (QED) is 0.344. The Bertz CT molecular complexity index is 486. The van der Waals surface area contributed by atoms with Gasteiger partial charge in [-0.05, 0) is 0 Å². The van der Waals surface area contributed by atoms with E-state index in [1.165, 1.54) is 0 Å². The molecule has 0 aromatic heterocycles. The largest absolute Gasteiger partial charge is 0.479 e. The molecule has 0 saturated heterocycles. The molecule has 0 saturated carbocycles. The number of hydrogen-bond acceptors (Lipinski definition) is 9. The second-order valence-corrected chi connectivity index (χ2v) is 3.94. The van der Waals surface area contributed by atoms with Gasteiger partial charge in [0.1, 0.15) is 12.7 Å². The Morgan fingerprint density at radius 3 is 1.91 bits per heavy atom. The molecule has 0 spiro atoms. The zero-order valence-corrected chi connectivity index (χ0v) is 11.3. The van der Waals surface area contributed by atoms with Gasteiger partial charge in [0.05, 0.1) is 0 Å². The minimum Gasteiger partial charge on any atom is -0.479 e. The minimum absolute atomic E-state index is 0.779. The average Bonchev–Trinajstić information content (AvgIpc) is 2.60. The summed E-state index contributed by atoms with van der Waals surface area (Å²) in [5.41, 5.74) is 0. The number of aliphatic carboxylic acids is 1. The molecule has 0 heterocycles. The molecular formula is C12H18O10. The lowest BCUT2D eigenvalue weighted by molar-refractivity contribution is -0.195. The Hall–Kier alpha value is -2.20. The monoisotopic (exact) mass is 325 g/mol. The molecule has 0 fully saturated rings. The number of esters is 3. The number of carbonyl (C=O) groups is 4. The highest BCUT2D eigenvalue weighted by Gasteiger charge is 2.42.